The Kier molecular flexibility index (Phi) is 11.6. The zero-order valence-electron chi connectivity index (χ0n) is 17.7. The highest BCUT2D eigenvalue weighted by molar-refractivity contribution is 5.69. The van der Waals surface area contributed by atoms with Gasteiger partial charge in [0.05, 0.1) is 23.7 Å². The molecule has 0 aliphatic carbocycles. The summed E-state index contributed by atoms with van der Waals surface area (Å²) in [5.74, 6) is -0.835. The summed E-state index contributed by atoms with van der Waals surface area (Å²) in [6.45, 7) is 10.1. The second-order valence-electron chi connectivity index (χ2n) is 8.24. The largest absolute Gasteiger partial charge is 0.481 e. The van der Waals surface area contributed by atoms with Crippen LogP contribution in [-0.4, -0.2) is 70.7 Å². The first kappa shape index (κ1) is 25.3. The number of nitrogens with zero attached hydrogens (tertiary/aromatic N) is 1. The number of ether oxygens (including phenoxy) is 1. The van der Waals surface area contributed by atoms with Crippen LogP contribution < -0.4 is 0 Å². The molecule has 0 spiro atoms. The Morgan fingerprint density at radius 3 is 2.27 bits per heavy atom. The third-order valence-electron chi connectivity index (χ3n) is 5.53. The number of carbonyl (C=O) groups is 1. The quantitative estimate of drug-likeness (QED) is 0.432. The van der Waals surface area contributed by atoms with Crippen LogP contribution in [0.2, 0.25) is 0 Å². The molecule has 3 N–H and O–H groups in total. The minimum Gasteiger partial charge on any atom is -0.481 e. The number of carboxylic acids is 1. The van der Waals surface area contributed by atoms with Crippen molar-refractivity contribution in [2.24, 2.45) is 11.8 Å². The molecule has 0 radical (unpaired) electrons. The van der Waals surface area contributed by atoms with E-state index in [-0.39, 0.29) is 24.0 Å². The van der Waals surface area contributed by atoms with Crippen molar-refractivity contribution in [2.75, 3.05) is 20.7 Å². The van der Waals surface area contributed by atoms with E-state index in [2.05, 4.69) is 6.92 Å². The van der Waals surface area contributed by atoms with Crippen LogP contribution in [0.25, 0.3) is 0 Å². The van der Waals surface area contributed by atoms with Gasteiger partial charge in [0.2, 0.25) is 0 Å². The standard InChI is InChI=1S/C20H41NO5/c1-8-10-20(5,25)18(22)16(4)21(6)11-9-17(26-7)13-14(2)12-15(3)19(23)24/h14-18,22,25H,8-13H2,1-7H3,(H,23,24)/t14-,15?,16?,17?,18?,20?/m0/s1. The number of methoxy groups -OCH3 is 1. The number of hydrogen-bond donors (Lipinski definition) is 3. The second kappa shape index (κ2) is 11.9. The van der Waals surface area contributed by atoms with Crippen LogP contribution in [0.4, 0.5) is 0 Å². The number of likely N-dealkylation sites (N-methyl/N-ethyl adjacent to an activating group) is 1. The molecule has 0 bridgehead atoms. The van der Waals surface area contributed by atoms with Crippen LogP contribution in [0.1, 0.15) is 66.7 Å². The van der Waals surface area contributed by atoms with E-state index >= 15 is 0 Å². The molecule has 5 unspecified atom stereocenters. The highest BCUT2D eigenvalue weighted by Crippen LogP contribution is 2.23. The van der Waals surface area contributed by atoms with Crippen LogP contribution in [0, 0.1) is 11.8 Å². The van der Waals surface area contributed by atoms with E-state index in [1.165, 1.54) is 0 Å². The van der Waals surface area contributed by atoms with Gasteiger partial charge in [-0.05, 0) is 52.5 Å². The lowest BCUT2D eigenvalue weighted by molar-refractivity contribution is -0.141. The van der Waals surface area contributed by atoms with Gasteiger partial charge >= 0.3 is 5.97 Å². The first-order valence-electron chi connectivity index (χ1n) is 9.82. The average Bonchev–Trinajstić information content (AvgIpc) is 2.56. The Bertz CT molecular complexity index is 402. The average molecular weight is 376 g/mol. The Morgan fingerprint density at radius 2 is 1.81 bits per heavy atom. The molecule has 0 aromatic heterocycles. The zero-order valence-corrected chi connectivity index (χ0v) is 17.7. The summed E-state index contributed by atoms with van der Waals surface area (Å²) in [6.07, 6.45) is 2.86. The summed E-state index contributed by atoms with van der Waals surface area (Å²) in [7, 11) is 3.63. The van der Waals surface area contributed by atoms with Crippen molar-refractivity contribution in [3.63, 3.8) is 0 Å². The first-order chi connectivity index (χ1) is 12.0. The molecular formula is C20H41NO5. The fraction of sp³-hybridized carbons (Fsp3) is 0.950. The van der Waals surface area contributed by atoms with Gasteiger partial charge in [-0.2, -0.15) is 0 Å². The van der Waals surface area contributed by atoms with Crippen LogP contribution >= 0.6 is 0 Å². The van der Waals surface area contributed by atoms with E-state index in [1.807, 2.05) is 25.8 Å². The summed E-state index contributed by atoms with van der Waals surface area (Å²) in [5.41, 5.74) is -1.09. The number of aliphatic hydroxyl groups excluding tert-OH is 1. The molecule has 0 saturated heterocycles. The molecule has 0 amide bonds. The number of rotatable bonds is 14. The molecule has 0 aromatic rings. The molecule has 0 aliphatic rings. The van der Waals surface area contributed by atoms with Crippen molar-refractivity contribution in [3.05, 3.63) is 0 Å². The molecule has 6 heteroatoms. The van der Waals surface area contributed by atoms with Gasteiger partial charge in [-0.25, -0.2) is 0 Å². The molecule has 0 heterocycles. The molecule has 156 valence electrons. The number of hydrogen-bond acceptors (Lipinski definition) is 5. The van der Waals surface area contributed by atoms with Crippen molar-refractivity contribution >= 4 is 5.97 Å². The van der Waals surface area contributed by atoms with Gasteiger partial charge in [-0.1, -0.05) is 27.2 Å². The third-order valence-corrected chi connectivity index (χ3v) is 5.53. The maximum absolute atomic E-state index is 11.0. The van der Waals surface area contributed by atoms with Crippen molar-refractivity contribution in [2.45, 2.75) is 90.6 Å². The fourth-order valence-corrected chi connectivity index (χ4v) is 3.55. The van der Waals surface area contributed by atoms with Gasteiger partial charge in [0.1, 0.15) is 0 Å². The summed E-state index contributed by atoms with van der Waals surface area (Å²) >= 11 is 0. The molecule has 0 aliphatic heterocycles. The monoisotopic (exact) mass is 375 g/mol. The predicted molar refractivity (Wildman–Crippen MR) is 104 cm³/mol. The van der Waals surface area contributed by atoms with E-state index in [0.29, 0.717) is 12.8 Å². The van der Waals surface area contributed by atoms with Crippen LogP contribution in [-0.2, 0) is 9.53 Å². The molecule has 0 fully saturated rings. The normalized spacial score (nSPS) is 20.2. The summed E-state index contributed by atoms with van der Waals surface area (Å²) in [6, 6.07) is -0.168. The first-order valence-corrected chi connectivity index (χ1v) is 9.82. The lowest BCUT2D eigenvalue weighted by atomic mass is 9.88. The molecule has 0 rings (SSSR count). The van der Waals surface area contributed by atoms with Crippen LogP contribution in [0.3, 0.4) is 0 Å². The molecule has 0 aromatic carbocycles. The summed E-state index contributed by atoms with van der Waals surface area (Å²) in [5, 5.41) is 29.9. The maximum atomic E-state index is 11.0. The maximum Gasteiger partial charge on any atom is 0.306 e. The van der Waals surface area contributed by atoms with Gasteiger partial charge in [0.25, 0.3) is 0 Å². The third kappa shape index (κ3) is 8.80. The van der Waals surface area contributed by atoms with Gasteiger partial charge in [0.15, 0.2) is 0 Å². The van der Waals surface area contributed by atoms with E-state index in [1.54, 1.807) is 21.0 Å². The minimum absolute atomic E-state index is 0.0499. The summed E-state index contributed by atoms with van der Waals surface area (Å²) in [4.78, 5) is 13.0. The molecule has 26 heavy (non-hydrogen) atoms. The molecule has 6 atom stereocenters. The highest BCUT2D eigenvalue weighted by atomic mass is 16.5. The van der Waals surface area contributed by atoms with Gasteiger partial charge in [0, 0.05) is 19.7 Å². The summed E-state index contributed by atoms with van der Waals surface area (Å²) < 4.78 is 5.57. The van der Waals surface area contributed by atoms with Crippen molar-refractivity contribution in [1.29, 1.82) is 0 Å². The smallest absolute Gasteiger partial charge is 0.306 e. The second-order valence-corrected chi connectivity index (χ2v) is 8.24. The van der Waals surface area contributed by atoms with Crippen molar-refractivity contribution < 1.29 is 24.9 Å². The lowest BCUT2D eigenvalue weighted by Crippen LogP contribution is -2.52. The Labute approximate surface area is 159 Å². The van der Waals surface area contributed by atoms with Gasteiger partial charge in [-0.15, -0.1) is 0 Å². The van der Waals surface area contributed by atoms with Crippen LogP contribution in [0.5, 0.6) is 0 Å². The van der Waals surface area contributed by atoms with Crippen molar-refractivity contribution in [1.82, 2.24) is 4.90 Å². The highest BCUT2D eigenvalue weighted by Gasteiger charge is 2.35. The predicted octanol–water partition coefficient (Wildman–Crippen LogP) is 2.76. The van der Waals surface area contributed by atoms with Crippen molar-refractivity contribution in [3.8, 4) is 0 Å². The van der Waals surface area contributed by atoms with E-state index in [4.69, 9.17) is 9.84 Å². The van der Waals surface area contributed by atoms with Gasteiger partial charge in [-0.3, -0.25) is 4.79 Å². The van der Waals surface area contributed by atoms with E-state index in [9.17, 15) is 15.0 Å². The van der Waals surface area contributed by atoms with E-state index < -0.39 is 17.7 Å². The number of carboxylic acid groups (broad SMARTS) is 1. The Morgan fingerprint density at radius 1 is 1.23 bits per heavy atom. The van der Waals surface area contributed by atoms with Crippen LogP contribution in [0.15, 0.2) is 0 Å². The fourth-order valence-electron chi connectivity index (χ4n) is 3.55. The molecule has 0 saturated carbocycles. The Balaban J connectivity index is 4.51. The van der Waals surface area contributed by atoms with E-state index in [0.717, 1.165) is 25.8 Å². The SMILES string of the molecule is CCCC(C)(O)C(O)C(C)N(C)CCC(C[C@@H](C)CC(C)C(=O)O)OC. The zero-order chi connectivity index (χ0) is 20.5. The topological polar surface area (TPSA) is 90.2 Å². The number of aliphatic carboxylic acids is 1. The van der Waals surface area contributed by atoms with Gasteiger partial charge < -0.3 is 25.0 Å². The lowest BCUT2D eigenvalue weighted by Gasteiger charge is -2.37. The number of aliphatic hydroxyl groups is 2. The minimum atomic E-state index is -1.09. The Hall–Kier alpha value is -0.690. The molecule has 6 nitrogen and oxygen atoms in total. The molecular weight excluding hydrogens is 334 g/mol.